The van der Waals surface area contributed by atoms with Crippen LogP contribution in [-0.2, 0) is 0 Å². The van der Waals surface area contributed by atoms with Gasteiger partial charge < -0.3 is 9.80 Å². The number of nitrogens with one attached hydrogen (secondary N) is 1. The van der Waals surface area contributed by atoms with E-state index in [0.717, 1.165) is 50.1 Å². The molecule has 5 nitrogen and oxygen atoms in total. The number of hydrogen-bond donors (Lipinski definition) is 2. The molecule has 0 saturated carbocycles. The number of nitrogens with two attached hydrogens (primary N) is 1. The fourth-order valence-corrected chi connectivity index (χ4v) is 2.41. The Kier molecular flexibility index (Phi) is 5.49. The molecule has 0 spiro atoms. The zero-order chi connectivity index (χ0) is 14.4. The third kappa shape index (κ3) is 3.77. The molecule has 1 aliphatic heterocycles. The first-order chi connectivity index (χ1) is 9.74. The van der Waals surface area contributed by atoms with Gasteiger partial charge in [-0.15, -0.1) is 0 Å². The monoisotopic (exact) mass is 295 g/mol. The van der Waals surface area contributed by atoms with Crippen molar-refractivity contribution in [1.82, 2.24) is 10.3 Å². The van der Waals surface area contributed by atoms with Gasteiger partial charge in [0.05, 0.1) is 0 Å². The molecule has 2 rings (SSSR count). The number of nitrogens with zero attached hydrogens (tertiary/aromatic N) is 3. The molecular weight excluding hydrogens is 274 g/mol. The molecule has 0 amide bonds. The number of aliphatic imine (C=N–C) groups is 1. The van der Waals surface area contributed by atoms with E-state index < -0.39 is 0 Å². The molecule has 1 saturated heterocycles. The summed E-state index contributed by atoms with van der Waals surface area (Å²) in [6, 6.07) is 7.98. The van der Waals surface area contributed by atoms with Gasteiger partial charge in [-0.25, -0.2) is 5.84 Å². The van der Waals surface area contributed by atoms with Crippen LogP contribution in [-0.4, -0.2) is 43.6 Å². The van der Waals surface area contributed by atoms with Crippen LogP contribution in [0.5, 0.6) is 0 Å². The molecule has 0 bridgehead atoms. The van der Waals surface area contributed by atoms with Gasteiger partial charge in [-0.2, -0.15) is 0 Å². The second kappa shape index (κ2) is 7.36. The normalized spacial score (nSPS) is 16.4. The summed E-state index contributed by atoms with van der Waals surface area (Å²) in [6.07, 6.45) is 1.02. The quantitative estimate of drug-likeness (QED) is 0.386. The molecule has 110 valence electrons. The molecule has 1 fully saturated rings. The molecule has 0 aliphatic carbocycles. The van der Waals surface area contributed by atoms with Crippen molar-refractivity contribution >= 4 is 23.2 Å². The van der Waals surface area contributed by atoms with Gasteiger partial charge in [0.15, 0.2) is 0 Å². The third-order valence-corrected chi connectivity index (χ3v) is 3.64. The number of anilines is 1. The number of hydrogen-bond acceptors (Lipinski definition) is 3. The van der Waals surface area contributed by atoms with Crippen LogP contribution in [0, 0.1) is 0 Å². The van der Waals surface area contributed by atoms with E-state index in [1.165, 1.54) is 5.69 Å². The summed E-state index contributed by atoms with van der Waals surface area (Å²) in [7, 11) is 0. The van der Waals surface area contributed by atoms with E-state index in [-0.39, 0.29) is 0 Å². The van der Waals surface area contributed by atoms with Crippen molar-refractivity contribution in [2.45, 2.75) is 13.3 Å². The Bertz CT molecular complexity index is 437. The van der Waals surface area contributed by atoms with Crippen molar-refractivity contribution in [1.29, 1.82) is 0 Å². The number of guanidine groups is 1. The summed E-state index contributed by atoms with van der Waals surface area (Å²) in [5, 5.41) is 0.772. The van der Waals surface area contributed by atoms with Crippen molar-refractivity contribution in [3.8, 4) is 0 Å². The van der Waals surface area contributed by atoms with Crippen LogP contribution < -0.4 is 16.2 Å². The SMILES string of the molecule is CCCN=C(NN)N1CCN(c2ccc(Cl)cc2)CC1. The van der Waals surface area contributed by atoms with Crippen LogP contribution >= 0.6 is 11.6 Å². The first kappa shape index (κ1) is 14.9. The fourth-order valence-electron chi connectivity index (χ4n) is 2.28. The highest BCUT2D eigenvalue weighted by Gasteiger charge is 2.19. The van der Waals surface area contributed by atoms with Gasteiger partial charge >= 0.3 is 0 Å². The predicted octanol–water partition coefficient (Wildman–Crippen LogP) is 1.69. The van der Waals surface area contributed by atoms with Gasteiger partial charge in [0.25, 0.3) is 0 Å². The lowest BCUT2D eigenvalue weighted by Gasteiger charge is -2.37. The summed E-state index contributed by atoms with van der Waals surface area (Å²) < 4.78 is 0. The third-order valence-electron chi connectivity index (χ3n) is 3.39. The highest BCUT2D eigenvalue weighted by molar-refractivity contribution is 6.30. The highest BCUT2D eigenvalue weighted by Crippen LogP contribution is 2.19. The van der Waals surface area contributed by atoms with E-state index in [4.69, 9.17) is 17.4 Å². The minimum atomic E-state index is 0.772. The first-order valence-corrected chi connectivity index (χ1v) is 7.39. The Labute approximate surface area is 125 Å². The summed E-state index contributed by atoms with van der Waals surface area (Å²) in [5.41, 5.74) is 3.92. The lowest BCUT2D eigenvalue weighted by Crippen LogP contribution is -2.54. The molecule has 0 aromatic heterocycles. The van der Waals surface area contributed by atoms with E-state index >= 15 is 0 Å². The van der Waals surface area contributed by atoms with Crippen LogP contribution in [0.2, 0.25) is 5.02 Å². The van der Waals surface area contributed by atoms with E-state index in [1.54, 1.807) is 0 Å². The van der Waals surface area contributed by atoms with Crippen LogP contribution in [0.25, 0.3) is 0 Å². The number of rotatable bonds is 3. The van der Waals surface area contributed by atoms with E-state index in [9.17, 15) is 0 Å². The number of hydrazine groups is 1. The molecule has 1 aromatic carbocycles. The maximum atomic E-state index is 5.92. The van der Waals surface area contributed by atoms with Crippen molar-refractivity contribution in [2.75, 3.05) is 37.6 Å². The van der Waals surface area contributed by atoms with Crippen molar-refractivity contribution in [2.24, 2.45) is 10.8 Å². The Balaban J connectivity index is 1.93. The van der Waals surface area contributed by atoms with Gasteiger partial charge in [-0.3, -0.25) is 10.4 Å². The maximum Gasteiger partial charge on any atom is 0.208 e. The highest BCUT2D eigenvalue weighted by atomic mass is 35.5. The molecule has 1 aromatic rings. The average Bonchev–Trinajstić information content (AvgIpc) is 2.49. The first-order valence-electron chi connectivity index (χ1n) is 7.01. The minimum Gasteiger partial charge on any atom is -0.368 e. The van der Waals surface area contributed by atoms with Crippen LogP contribution in [0.4, 0.5) is 5.69 Å². The van der Waals surface area contributed by atoms with Crippen LogP contribution in [0.1, 0.15) is 13.3 Å². The Morgan fingerprint density at radius 3 is 2.45 bits per heavy atom. The second-order valence-corrected chi connectivity index (χ2v) is 5.24. The number of benzene rings is 1. The van der Waals surface area contributed by atoms with Crippen LogP contribution in [0.15, 0.2) is 29.3 Å². The average molecular weight is 296 g/mol. The molecule has 1 heterocycles. The summed E-state index contributed by atoms with van der Waals surface area (Å²) in [6.45, 7) is 6.64. The van der Waals surface area contributed by atoms with E-state index in [2.05, 4.69) is 39.3 Å². The summed E-state index contributed by atoms with van der Waals surface area (Å²) in [4.78, 5) is 9.01. The molecule has 0 atom stereocenters. The lowest BCUT2D eigenvalue weighted by molar-refractivity contribution is 0.372. The molecule has 0 radical (unpaired) electrons. The van der Waals surface area contributed by atoms with E-state index in [0.29, 0.717) is 0 Å². The lowest BCUT2D eigenvalue weighted by atomic mass is 10.2. The molecule has 0 unspecified atom stereocenters. The zero-order valence-corrected chi connectivity index (χ0v) is 12.6. The topological polar surface area (TPSA) is 56.9 Å². The standard InChI is InChI=1S/C14H22ClN5/c1-2-7-17-14(18-16)20-10-8-19(9-11-20)13-5-3-12(15)4-6-13/h3-6H,2,7-11,16H2,1H3,(H,17,18). The van der Waals surface area contributed by atoms with Gasteiger partial charge in [0.2, 0.25) is 5.96 Å². The molecule has 20 heavy (non-hydrogen) atoms. The molecule has 1 aliphatic rings. The largest absolute Gasteiger partial charge is 0.368 e. The molecular formula is C14H22ClN5. The van der Waals surface area contributed by atoms with Gasteiger partial charge in [-0.05, 0) is 30.7 Å². The smallest absolute Gasteiger partial charge is 0.208 e. The Hall–Kier alpha value is -1.46. The van der Waals surface area contributed by atoms with E-state index in [1.807, 2.05) is 12.1 Å². The van der Waals surface area contributed by atoms with Gasteiger partial charge in [0, 0.05) is 43.4 Å². The predicted molar refractivity (Wildman–Crippen MR) is 85.2 cm³/mol. The van der Waals surface area contributed by atoms with Crippen molar-refractivity contribution in [3.05, 3.63) is 29.3 Å². The Morgan fingerprint density at radius 2 is 1.90 bits per heavy atom. The maximum absolute atomic E-state index is 5.92. The zero-order valence-electron chi connectivity index (χ0n) is 11.8. The molecule has 6 heteroatoms. The van der Waals surface area contributed by atoms with Crippen molar-refractivity contribution in [3.63, 3.8) is 0 Å². The van der Waals surface area contributed by atoms with Gasteiger partial charge in [-0.1, -0.05) is 18.5 Å². The second-order valence-electron chi connectivity index (χ2n) is 4.80. The fraction of sp³-hybridized carbons (Fsp3) is 0.500. The number of halogens is 1. The molecule has 3 N–H and O–H groups in total. The minimum absolute atomic E-state index is 0.772. The van der Waals surface area contributed by atoms with Crippen LogP contribution in [0.3, 0.4) is 0 Å². The summed E-state index contributed by atoms with van der Waals surface area (Å²) >= 11 is 5.92. The summed E-state index contributed by atoms with van der Waals surface area (Å²) in [5.74, 6) is 6.35. The number of piperazine rings is 1. The van der Waals surface area contributed by atoms with Gasteiger partial charge in [0.1, 0.15) is 0 Å². The van der Waals surface area contributed by atoms with Crippen molar-refractivity contribution < 1.29 is 0 Å². The Morgan fingerprint density at radius 1 is 1.25 bits per heavy atom.